The summed E-state index contributed by atoms with van der Waals surface area (Å²) in [6.45, 7) is 3.60. The van der Waals surface area contributed by atoms with E-state index in [9.17, 15) is 9.90 Å². The fourth-order valence-electron chi connectivity index (χ4n) is 5.55. The summed E-state index contributed by atoms with van der Waals surface area (Å²) in [5, 5.41) is 11.1. The third-order valence-corrected chi connectivity index (χ3v) is 7.46. The third-order valence-electron chi connectivity index (χ3n) is 7.46. The third kappa shape index (κ3) is 8.22. The zero-order valence-electron chi connectivity index (χ0n) is 22.4. The van der Waals surface area contributed by atoms with Crippen LogP contribution in [0.15, 0.2) is 66.7 Å². The minimum absolute atomic E-state index is 0.00591. The molecule has 7 heteroatoms. The Kier molecular flexibility index (Phi) is 11.3. The van der Waals surface area contributed by atoms with Crippen LogP contribution in [0.1, 0.15) is 37.7 Å². The van der Waals surface area contributed by atoms with Gasteiger partial charge < -0.3 is 24.1 Å². The van der Waals surface area contributed by atoms with Crippen LogP contribution in [0.2, 0.25) is 0 Å². The first-order valence-corrected chi connectivity index (χ1v) is 13.7. The topological polar surface area (TPSA) is 77.5 Å². The number of hydrogen-bond acceptors (Lipinski definition) is 7. The molecule has 1 saturated carbocycles. The van der Waals surface area contributed by atoms with Gasteiger partial charge in [0.25, 0.3) is 0 Å². The second-order valence-corrected chi connectivity index (χ2v) is 10.0. The van der Waals surface area contributed by atoms with Gasteiger partial charge in [0.15, 0.2) is 6.79 Å². The van der Waals surface area contributed by atoms with Crippen molar-refractivity contribution >= 4 is 5.97 Å². The number of hydrogen-bond donors (Lipinski definition) is 1. The molecule has 38 heavy (non-hydrogen) atoms. The lowest BCUT2D eigenvalue weighted by Crippen LogP contribution is -2.50. The molecule has 1 aliphatic carbocycles. The summed E-state index contributed by atoms with van der Waals surface area (Å²) in [7, 11) is 1.50. The van der Waals surface area contributed by atoms with Crippen LogP contribution in [0.5, 0.6) is 0 Å². The largest absolute Gasteiger partial charge is 0.438 e. The molecule has 0 unspecified atom stereocenters. The quantitative estimate of drug-likeness (QED) is 0.234. The van der Waals surface area contributed by atoms with Crippen molar-refractivity contribution < 1.29 is 28.8 Å². The van der Waals surface area contributed by atoms with Crippen LogP contribution < -0.4 is 0 Å². The fourth-order valence-corrected chi connectivity index (χ4v) is 5.55. The molecule has 4 atom stereocenters. The van der Waals surface area contributed by atoms with E-state index in [2.05, 4.69) is 59.5 Å². The molecule has 0 aromatic heterocycles. The molecule has 0 bridgehead atoms. The lowest BCUT2D eigenvalue weighted by molar-refractivity contribution is -0.153. The minimum atomic E-state index is -0.414. The molecule has 2 aliphatic rings. The summed E-state index contributed by atoms with van der Waals surface area (Å²) in [5.41, 5.74) is 3.52. The van der Waals surface area contributed by atoms with Crippen LogP contribution in [0.25, 0.3) is 11.1 Å². The van der Waals surface area contributed by atoms with Gasteiger partial charge in [-0.05, 0) is 36.0 Å². The summed E-state index contributed by atoms with van der Waals surface area (Å²) in [4.78, 5) is 14.0. The Balaban J connectivity index is 1.33. The van der Waals surface area contributed by atoms with Crippen LogP contribution in [-0.2, 0) is 30.3 Å². The molecule has 1 heterocycles. The number of carbonyl (C=O) groups excluding carboxylic acids is 1. The number of benzene rings is 2. The summed E-state index contributed by atoms with van der Waals surface area (Å²) in [6, 6.07) is 19.0. The van der Waals surface area contributed by atoms with Gasteiger partial charge in [0, 0.05) is 45.0 Å². The van der Waals surface area contributed by atoms with Crippen LogP contribution >= 0.6 is 0 Å². The number of ether oxygens (including phenoxy) is 4. The van der Waals surface area contributed by atoms with Gasteiger partial charge in [-0.1, -0.05) is 66.7 Å². The molecular formula is C31H41NO6. The average molecular weight is 524 g/mol. The maximum atomic E-state index is 11.6. The molecule has 206 valence electrons. The predicted molar refractivity (Wildman–Crippen MR) is 146 cm³/mol. The van der Waals surface area contributed by atoms with E-state index in [-0.39, 0.29) is 30.8 Å². The van der Waals surface area contributed by atoms with Crippen LogP contribution in [0, 0.1) is 5.92 Å². The van der Waals surface area contributed by atoms with Crippen molar-refractivity contribution in [1.29, 1.82) is 0 Å². The van der Waals surface area contributed by atoms with Crippen LogP contribution in [0.4, 0.5) is 0 Å². The molecule has 2 aromatic carbocycles. The lowest BCUT2D eigenvalue weighted by atomic mass is 9.93. The standard InChI is InChI=1S/C31H41NO6/c1-35-23-38-30(34)12-8-3-2-7-11-27-29(21-28(33)31(27)32-17-19-36-20-18-32)37-22-24-13-15-26(16-14-24)25-9-5-4-6-10-25/h2-6,9-10,13-16,27-29,31,33H,7-8,11-12,17-23H2,1H3/b3-2-/t27-,28+,29-,31+/m0/s1. The van der Waals surface area contributed by atoms with Crippen molar-refractivity contribution in [2.24, 2.45) is 5.92 Å². The normalized spacial score (nSPS) is 24.2. The Morgan fingerprint density at radius 1 is 1.03 bits per heavy atom. The second-order valence-electron chi connectivity index (χ2n) is 10.0. The van der Waals surface area contributed by atoms with Gasteiger partial charge in [-0.15, -0.1) is 0 Å². The average Bonchev–Trinajstić information content (AvgIpc) is 3.28. The van der Waals surface area contributed by atoms with Gasteiger partial charge in [-0.3, -0.25) is 9.69 Å². The summed E-state index contributed by atoms with van der Waals surface area (Å²) >= 11 is 0. The Labute approximate surface area is 226 Å². The first kappa shape index (κ1) is 28.5. The molecule has 1 aliphatic heterocycles. The van der Waals surface area contributed by atoms with Crippen molar-refractivity contribution in [3.63, 3.8) is 0 Å². The fraction of sp³-hybridized carbons (Fsp3) is 0.516. The van der Waals surface area contributed by atoms with Gasteiger partial charge in [-0.25, -0.2) is 0 Å². The van der Waals surface area contributed by atoms with Crippen molar-refractivity contribution in [2.75, 3.05) is 40.2 Å². The first-order chi connectivity index (χ1) is 18.7. The van der Waals surface area contributed by atoms with Gasteiger partial charge in [0.05, 0.1) is 32.0 Å². The van der Waals surface area contributed by atoms with Gasteiger partial charge in [0.1, 0.15) is 0 Å². The maximum absolute atomic E-state index is 11.6. The Morgan fingerprint density at radius 3 is 2.47 bits per heavy atom. The molecule has 0 amide bonds. The Bertz CT molecular complexity index is 989. The van der Waals surface area contributed by atoms with Crippen molar-refractivity contribution in [1.82, 2.24) is 4.90 Å². The second kappa shape index (κ2) is 15.1. The summed E-state index contributed by atoms with van der Waals surface area (Å²) in [5.74, 6) is -0.0314. The van der Waals surface area contributed by atoms with E-state index in [0.29, 0.717) is 39.1 Å². The number of rotatable bonds is 13. The first-order valence-electron chi connectivity index (χ1n) is 13.7. The Hall–Kier alpha value is -2.55. The highest BCUT2D eigenvalue weighted by Crippen LogP contribution is 2.37. The van der Waals surface area contributed by atoms with E-state index in [1.807, 2.05) is 12.1 Å². The predicted octanol–water partition coefficient (Wildman–Crippen LogP) is 4.58. The Morgan fingerprint density at radius 2 is 1.74 bits per heavy atom. The molecule has 7 nitrogen and oxygen atoms in total. The van der Waals surface area contributed by atoms with E-state index < -0.39 is 6.10 Å². The lowest BCUT2D eigenvalue weighted by Gasteiger charge is -2.38. The number of carbonyl (C=O) groups is 1. The van der Waals surface area contributed by atoms with E-state index in [1.54, 1.807) is 0 Å². The molecule has 2 aromatic rings. The highest BCUT2D eigenvalue weighted by molar-refractivity contribution is 5.69. The molecule has 1 saturated heterocycles. The number of allylic oxidation sites excluding steroid dienone is 2. The van der Waals surface area contributed by atoms with E-state index in [0.717, 1.165) is 31.5 Å². The number of esters is 1. The van der Waals surface area contributed by atoms with Crippen molar-refractivity contribution in [3.05, 3.63) is 72.3 Å². The number of morpholine rings is 1. The zero-order chi connectivity index (χ0) is 26.6. The van der Waals surface area contributed by atoms with E-state index in [4.69, 9.17) is 18.9 Å². The van der Waals surface area contributed by atoms with Gasteiger partial charge in [-0.2, -0.15) is 0 Å². The monoisotopic (exact) mass is 523 g/mol. The molecule has 4 rings (SSSR count). The van der Waals surface area contributed by atoms with Gasteiger partial charge >= 0.3 is 5.97 Å². The van der Waals surface area contributed by atoms with Crippen LogP contribution in [0.3, 0.4) is 0 Å². The van der Waals surface area contributed by atoms with E-state index in [1.165, 1.54) is 18.2 Å². The summed E-state index contributed by atoms with van der Waals surface area (Å²) in [6.07, 6.45) is 7.15. The van der Waals surface area contributed by atoms with Crippen molar-refractivity contribution in [2.45, 2.75) is 57.0 Å². The molecule has 1 N–H and O–H groups in total. The maximum Gasteiger partial charge on any atom is 0.308 e. The number of aliphatic hydroxyl groups excluding tert-OH is 1. The highest BCUT2D eigenvalue weighted by Gasteiger charge is 2.45. The number of methoxy groups -OCH3 is 1. The number of aliphatic hydroxyl groups is 1. The smallest absolute Gasteiger partial charge is 0.308 e. The molecule has 2 fully saturated rings. The SMILES string of the molecule is COCOC(=O)CC/C=C\CC[C@@H]1[C@@H](N2CCOCC2)[C@H](O)C[C@@H]1OCc1ccc(-c2ccccc2)cc1. The highest BCUT2D eigenvalue weighted by atomic mass is 16.7. The summed E-state index contributed by atoms with van der Waals surface area (Å²) < 4.78 is 21.7. The zero-order valence-corrected chi connectivity index (χ0v) is 22.4. The van der Waals surface area contributed by atoms with E-state index >= 15 is 0 Å². The van der Waals surface area contributed by atoms with Crippen molar-refractivity contribution in [3.8, 4) is 11.1 Å². The molecular weight excluding hydrogens is 482 g/mol. The number of nitrogens with zero attached hydrogens (tertiary/aromatic N) is 1. The minimum Gasteiger partial charge on any atom is -0.438 e. The van der Waals surface area contributed by atoms with Gasteiger partial charge in [0.2, 0.25) is 0 Å². The molecule has 0 radical (unpaired) electrons. The molecule has 0 spiro atoms. The van der Waals surface area contributed by atoms with Crippen LogP contribution in [-0.4, -0.2) is 74.4 Å².